The van der Waals surface area contributed by atoms with Gasteiger partial charge in [-0.25, -0.2) is 14.8 Å². The van der Waals surface area contributed by atoms with Crippen molar-refractivity contribution < 1.29 is 14.3 Å². The van der Waals surface area contributed by atoms with Crippen LogP contribution in [0.2, 0.25) is 0 Å². The summed E-state index contributed by atoms with van der Waals surface area (Å²) in [6.07, 6.45) is 3.83. The molecule has 2 N–H and O–H groups in total. The molecule has 0 radical (unpaired) electrons. The summed E-state index contributed by atoms with van der Waals surface area (Å²) >= 11 is 0. The van der Waals surface area contributed by atoms with E-state index in [0.717, 1.165) is 17.5 Å². The van der Waals surface area contributed by atoms with Crippen LogP contribution in [0.25, 0.3) is 11.2 Å². The van der Waals surface area contributed by atoms with Crippen LogP contribution in [0.5, 0.6) is 0 Å². The lowest BCUT2D eigenvalue weighted by molar-refractivity contribution is -0.121. The maximum atomic E-state index is 12.9. The van der Waals surface area contributed by atoms with Crippen LogP contribution >= 0.6 is 0 Å². The van der Waals surface area contributed by atoms with Gasteiger partial charge in [-0.05, 0) is 17.5 Å². The minimum atomic E-state index is -0.371. The highest BCUT2D eigenvalue weighted by Gasteiger charge is 2.38. The zero-order chi connectivity index (χ0) is 20.9. The van der Waals surface area contributed by atoms with E-state index in [1.165, 1.54) is 0 Å². The van der Waals surface area contributed by atoms with Gasteiger partial charge in [0.2, 0.25) is 0 Å². The molecule has 1 amide bonds. The highest BCUT2D eigenvalue weighted by molar-refractivity contribution is 5.86. The standard InChI is InChI=1S/C22H25N5O3/c1-2-16-12-27(22(29)30-14-15-6-4-3-5-7-15)13-17(16)19(28)10-24-20-11-25-21-18(26-20)8-9-23-21/h3-9,11,16-17H,2,10,12-14H2,1H3,(H,23,25)(H,24,26)/t16-,17+/m1/s1. The Balaban J connectivity index is 1.32. The summed E-state index contributed by atoms with van der Waals surface area (Å²) in [5.41, 5.74) is 2.39. The summed E-state index contributed by atoms with van der Waals surface area (Å²) in [6.45, 7) is 3.35. The second-order valence-corrected chi connectivity index (χ2v) is 7.51. The van der Waals surface area contributed by atoms with E-state index in [4.69, 9.17) is 4.74 Å². The van der Waals surface area contributed by atoms with E-state index in [9.17, 15) is 9.59 Å². The molecule has 1 aliphatic heterocycles. The van der Waals surface area contributed by atoms with Gasteiger partial charge in [-0.3, -0.25) is 4.79 Å². The van der Waals surface area contributed by atoms with Gasteiger partial charge < -0.3 is 19.9 Å². The van der Waals surface area contributed by atoms with Crippen molar-refractivity contribution in [2.45, 2.75) is 20.0 Å². The Morgan fingerprint density at radius 3 is 2.87 bits per heavy atom. The molecule has 2 aromatic heterocycles. The van der Waals surface area contributed by atoms with Gasteiger partial charge in [0.1, 0.15) is 17.9 Å². The zero-order valence-electron chi connectivity index (χ0n) is 16.9. The largest absolute Gasteiger partial charge is 0.445 e. The molecular formula is C22H25N5O3. The number of rotatable bonds is 7. The first-order valence-electron chi connectivity index (χ1n) is 10.2. The van der Waals surface area contributed by atoms with E-state index in [-0.39, 0.29) is 36.9 Å². The van der Waals surface area contributed by atoms with E-state index in [1.54, 1.807) is 17.3 Å². The van der Waals surface area contributed by atoms with Gasteiger partial charge in [0, 0.05) is 25.2 Å². The fraction of sp³-hybridized carbons (Fsp3) is 0.364. The van der Waals surface area contributed by atoms with Crippen LogP contribution in [0.3, 0.4) is 0 Å². The van der Waals surface area contributed by atoms with Crippen LogP contribution in [-0.4, -0.2) is 51.4 Å². The van der Waals surface area contributed by atoms with Crippen molar-refractivity contribution in [3.8, 4) is 0 Å². The molecule has 0 saturated carbocycles. The lowest BCUT2D eigenvalue weighted by atomic mass is 9.90. The number of amides is 1. The average molecular weight is 407 g/mol. The monoisotopic (exact) mass is 407 g/mol. The maximum Gasteiger partial charge on any atom is 0.410 e. The van der Waals surface area contributed by atoms with Gasteiger partial charge in [-0.15, -0.1) is 0 Å². The molecule has 156 valence electrons. The smallest absolute Gasteiger partial charge is 0.410 e. The predicted octanol–water partition coefficient (Wildman–Crippen LogP) is 3.23. The van der Waals surface area contributed by atoms with E-state index < -0.39 is 0 Å². The molecule has 1 aliphatic rings. The number of aromatic nitrogens is 3. The summed E-state index contributed by atoms with van der Waals surface area (Å²) in [7, 11) is 0. The molecule has 0 spiro atoms. The number of benzene rings is 1. The number of hydrogen-bond donors (Lipinski definition) is 2. The summed E-state index contributed by atoms with van der Waals surface area (Å²) in [5, 5.41) is 3.07. The van der Waals surface area contributed by atoms with Crippen LogP contribution in [0.4, 0.5) is 10.6 Å². The van der Waals surface area contributed by atoms with Gasteiger partial charge in [-0.1, -0.05) is 43.7 Å². The van der Waals surface area contributed by atoms with Crippen LogP contribution in [0.15, 0.2) is 48.8 Å². The molecule has 2 atom stereocenters. The number of carbonyl (C=O) groups is 2. The van der Waals surface area contributed by atoms with Crippen molar-refractivity contribution in [3.63, 3.8) is 0 Å². The Labute approximate surface area is 174 Å². The quantitative estimate of drug-likeness (QED) is 0.624. The molecule has 8 heteroatoms. The number of anilines is 1. The molecule has 3 aromatic rings. The van der Waals surface area contributed by atoms with Crippen LogP contribution in [-0.2, 0) is 16.1 Å². The summed E-state index contributed by atoms with van der Waals surface area (Å²) in [6, 6.07) is 11.4. The Bertz CT molecular complexity index is 1020. The third-order valence-corrected chi connectivity index (χ3v) is 5.55. The van der Waals surface area contributed by atoms with Crippen LogP contribution < -0.4 is 5.32 Å². The Kier molecular flexibility index (Phi) is 5.92. The first kappa shape index (κ1) is 19.9. The van der Waals surface area contributed by atoms with Gasteiger partial charge in [-0.2, -0.15) is 0 Å². The number of ether oxygens (including phenoxy) is 1. The normalized spacial score (nSPS) is 18.5. The number of likely N-dealkylation sites (tertiary alicyclic amines) is 1. The molecule has 8 nitrogen and oxygen atoms in total. The Morgan fingerprint density at radius 1 is 1.23 bits per heavy atom. The van der Waals surface area contributed by atoms with Crippen LogP contribution in [0, 0.1) is 11.8 Å². The van der Waals surface area contributed by atoms with E-state index in [0.29, 0.717) is 24.6 Å². The third-order valence-electron chi connectivity index (χ3n) is 5.55. The molecule has 1 saturated heterocycles. The predicted molar refractivity (Wildman–Crippen MR) is 113 cm³/mol. The van der Waals surface area contributed by atoms with Crippen molar-refractivity contribution in [3.05, 3.63) is 54.4 Å². The number of Topliss-reactive ketones (excluding diaryl/α,β-unsaturated/α-hetero) is 1. The van der Waals surface area contributed by atoms with Crippen molar-refractivity contribution >= 4 is 28.9 Å². The second kappa shape index (κ2) is 8.94. The maximum absolute atomic E-state index is 12.9. The van der Waals surface area contributed by atoms with Crippen LogP contribution in [0.1, 0.15) is 18.9 Å². The molecule has 3 heterocycles. The average Bonchev–Trinajstić information content (AvgIpc) is 3.43. The number of aromatic amines is 1. The molecule has 1 fully saturated rings. The third kappa shape index (κ3) is 4.42. The summed E-state index contributed by atoms with van der Waals surface area (Å²) in [4.78, 5) is 38.7. The number of nitrogens with one attached hydrogen (secondary N) is 2. The fourth-order valence-corrected chi connectivity index (χ4v) is 3.83. The number of carbonyl (C=O) groups excluding carboxylic acids is 2. The molecular weight excluding hydrogens is 382 g/mol. The van der Waals surface area contributed by atoms with Gasteiger partial charge in [0.05, 0.1) is 12.7 Å². The van der Waals surface area contributed by atoms with Gasteiger partial charge in [0.15, 0.2) is 11.4 Å². The minimum Gasteiger partial charge on any atom is -0.445 e. The minimum absolute atomic E-state index is 0.0659. The SMILES string of the molecule is CC[C@@H]1CN(C(=O)OCc2ccccc2)C[C@@H]1C(=O)CNc1cnc2[nH]ccc2n1. The number of fused-ring (bicyclic) bond motifs is 1. The van der Waals surface area contributed by atoms with E-state index in [2.05, 4.69) is 20.3 Å². The van der Waals surface area contributed by atoms with E-state index in [1.807, 2.05) is 43.3 Å². The van der Waals surface area contributed by atoms with Crippen molar-refractivity contribution in [2.24, 2.45) is 11.8 Å². The highest BCUT2D eigenvalue weighted by Crippen LogP contribution is 2.28. The fourth-order valence-electron chi connectivity index (χ4n) is 3.83. The second-order valence-electron chi connectivity index (χ2n) is 7.51. The first-order valence-corrected chi connectivity index (χ1v) is 10.2. The lowest BCUT2D eigenvalue weighted by Crippen LogP contribution is -2.32. The molecule has 1 aromatic carbocycles. The van der Waals surface area contributed by atoms with Crippen molar-refractivity contribution in [1.82, 2.24) is 19.9 Å². The molecule has 4 rings (SSSR count). The summed E-state index contributed by atoms with van der Waals surface area (Å²) in [5.74, 6) is 0.536. The Hall–Kier alpha value is -3.42. The molecule has 0 unspecified atom stereocenters. The molecule has 0 aliphatic carbocycles. The highest BCUT2D eigenvalue weighted by atomic mass is 16.6. The Morgan fingerprint density at radius 2 is 2.07 bits per heavy atom. The molecule has 30 heavy (non-hydrogen) atoms. The molecule has 0 bridgehead atoms. The number of H-pyrrole nitrogens is 1. The van der Waals surface area contributed by atoms with Crippen molar-refractivity contribution in [1.29, 1.82) is 0 Å². The van der Waals surface area contributed by atoms with Crippen molar-refractivity contribution in [2.75, 3.05) is 25.0 Å². The van der Waals surface area contributed by atoms with E-state index >= 15 is 0 Å². The number of hydrogen-bond acceptors (Lipinski definition) is 6. The summed E-state index contributed by atoms with van der Waals surface area (Å²) < 4.78 is 5.43. The number of nitrogens with zero attached hydrogens (tertiary/aromatic N) is 3. The lowest BCUT2D eigenvalue weighted by Gasteiger charge is -2.16. The first-order chi connectivity index (χ1) is 14.6. The van der Waals surface area contributed by atoms with Gasteiger partial charge in [0.25, 0.3) is 0 Å². The topological polar surface area (TPSA) is 100 Å². The number of ketones is 1. The zero-order valence-corrected chi connectivity index (χ0v) is 16.9. The van der Waals surface area contributed by atoms with Gasteiger partial charge >= 0.3 is 6.09 Å².